The number of hydrogen-bond acceptors (Lipinski definition) is 3. The molecule has 0 atom stereocenters. The molecule has 1 aliphatic heterocycles. The summed E-state index contributed by atoms with van der Waals surface area (Å²) in [7, 11) is 1.44. The summed E-state index contributed by atoms with van der Waals surface area (Å²) in [6.45, 7) is 11.4. The second-order valence-electron chi connectivity index (χ2n) is 5.61. The van der Waals surface area contributed by atoms with E-state index in [0.717, 1.165) is 32.7 Å². The van der Waals surface area contributed by atoms with Crippen LogP contribution in [0, 0.1) is 5.41 Å². The second-order valence-corrected chi connectivity index (χ2v) is 5.61. The molecule has 16 heavy (non-hydrogen) atoms. The lowest BCUT2D eigenvalue weighted by molar-refractivity contribution is 0.0872. The minimum Gasteiger partial charge on any atom is -0.453 e. The van der Waals surface area contributed by atoms with Crippen molar-refractivity contribution in [3.8, 4) is 0 Å². The van der Waals surface area contributed by atoms with Gasteiger partial charge in [0, 0.05) is 26.2 Å². The summed E-state index contributed by atoms with van der Waals surface area (Å²) in [6, 6.07) is 0. The minimum absolute atomic E-state index is 0.199. The van der Waals surface area contributed by atoms with Gasteiger partial charge in [-0.25, -0.2) is 4.79 Å². The van der Waals surface area contributed by atoms with Crippen molar-refractivity contribution in [1.29, 1.82) is 0 Å². The molecule has 1 saturated heterocycles. The van der Waals surface area contributed by atoms with E-state index in [4.69, 9.17) is 4.74 Å². The van der Waals surface area contributed by atoms with Crippen LogP contribution in [0.25, 0.3) is 0 Å². The molecule has 0 bridgehead atoms. The highest BCUT2D eigenvalue weighted by Crippen LogP contribution is 2.19. The molecular weight excluding hydrogens is 204 g/mol. The lowest BCUT2D eigenvalue weighted by Crippen LogP contribution is -2.49. The Balaban J connectivity index is 2.24. The molecule has 0 saturated carbocycles. The fourth-order valence-corrected chi connectivity index (χ4v) is 1.78. The van der Waals surface area contributed by atoms with Gasteiger partial charge in [0.2, 0.25) is 0 Å². The Bertz CT molecular complexity index is 228. The Labute approximate surface area is 98.5 Å². The Kier molecular flexibility index (Phi) is 4.59. The van der Waals surface area contributed by atoms with Crippen molar-refractivity contribution < 1.29 is 9.53 Å². The largest absolute Gasteiger partial charge is 0.453 e. The van der Waals surface area contributed by atoms with Crippen LogP contribution in [0.5, 0.6) is 0 Å². The van der Waals surface area contributed by atoms with E-state index in [-0.39, 0.29) is 6.09 Å². The van der Waals surface area contributed by atoms with Crippen molar-refractivity contribution in [3.63, 3.8) is 0 Å². The number of carbonyl (C=O) groups excluding carboxylic acids is 1. The first-order chi connectivity index (χ1) is 7.42. The van der Waals surface area contributed by atoms with Gasteiger partial charge in [0.05, 0.1) is 7.11 Å². The molecule has 1 fully saturated rings. The summed E-state index contributed by atoms with van der Waals surface area (Å²) in [5, 5.41) is 0. The van der Waals surface area contributed by atoms with Crippen molar-refractivity contribution in [2.75, 3.05) is 39.8 Å². The maximum absolute atomic E-state index is 11.3. The quantitative estimate of drug-likeness (QED) is 0.722. The van der Waals surface area contributed by atoms with Crippen LogP contribution in [0.1, 0.15) is 27.2 Å². The van der Waals surface area contributed by atoms with Gasteiger partial charge in [-0.2, -0.15) is 0 Å². The molecule has 0 unspecified atom stereocenters. The van der Waals surface area contributed by atoms with E-state index in [0.29, 0.717) is 5.41 Å². The average Bonchev–Trinajstić information content (AvgIpc) is 2.25. The molecule has 4 nitrogen and oxygen atoms in total. The molecule has 4 heteroatoms. The number of nitrogens with zero attached hydrogens (tertiary/aromatic N) is 2. The highest BCUT2D eigenvalue weighted by atomic mass is 16.5. The van der Waals surface area contributed by atoms with Gasteiger partial charge >= 0.3 is 6.09 Å². The molecule has 0 radical (unpaired) electrons. The summed E-state index contributed by atoms with van der Waals surface area (Å²) in [6.07, 6.45) is 1.00. The van der Waals surface area contributed by atoms with Gasteiger partial charge in [0.25, 0.3) is 0 Å². The molecular formula is C12H24N2O2. The predicted molar refractivity (Wildman–Crippen MR) is 64.5 cm³/mol. The van der Waals surface area contributed by atoms with Crippen LogP contribution in [0.15, 0.2) is 0 Å². The summed E-state index contributed by atoms with van der Waals surface area (Å²) in [4.78, 5) is 15.5. The molecule has 0 aromatic rings. The van der Waals surface area contributed by atoms with Crippen molar-refractivity contribution in [1.82, 2.24) is 9.80 Å². The van der Waals surface area contributed by atoms with Gasteiger partial charge < -0.3 is 9.64 Å². The number of rotatable bonds is 2. The van der Waals surface area contributed by atoms with Gasteiger partial charge in [0.15, 0.2) is 0 Å². The molecule has 1 rings (SSSR count). The van der Waals surface area contributed by atoms with E-state index in [2.05, 4.69) is 25.7 Å². The summed E-state index contributed by atoms with van der Waals surface area (Å²) in [5.74, 6) is 0. The number of amides is 1. The van der Waals surface area contributed by atoms with E-state index in [1.54, 1.807) is 4.90 Å². The number of carbonyl (C=O) groups is 1. The van der Waals surface area contributed by atoms with Gasteiger partial charge in [-0.1, -0.05) is 20.8 Å². The number of hydrogen-bond donors (Lipinski definition) is 0. The minimum atomic E-state index is -0.199. The SMILES string of the molecule is COC(=O)N1CCN(CCC(C)(C)C)CC1. The highest BCUT2D eigenvalue weighted by molar-refractivity contribution is 5.67. The first-order valence-corrected chi connectivity index (χ1v) is 5.97. The Morgan fingerprint density at radius 2 is 1.75 bits per heavy atom. The predicted octanol–water partition coefficient (Wildman–Crippen LogP) is 1.81. The van der Waals surface area contributed by atoms with Crippen LogP contribution < -0.4 is 0 Å². The molecule has 0 aromatic carbocycles. The summed E-state index contributed by atoms with van der Waals surface area (Å²) in [5.41, 5.74) is 0.388. The molecule has 1 amide bonds. The van der Waals surface area contributed by atoms with Crippen LogP contribution in [0.2, 0.25) is 0 Å². The van der Waals surface area contributed by atoms with Crippen molar-refractivity contribution in [2.24, 2.45) is 5.41 Å². The Hall–Kier alpha value is -0.770. The first kappa shape index (κ1) is 13.3. The third-order valence-corrected chi connectivity index (χ3v) is 2.98. The highest BCUT2D eigenvalue weighted by Gasteiger charge is 2.22. The average molecular weight is 228 g/mol. The Morgan fingerprint density at radius 1 is 1.19 bits per heavy atom. The summed E-state index contributed by atoms with van der Waals surface area (Å²) < 4.78 is 4.71. The second kappa shape index (κ2) is 5.53. The third kappa shape index (κ3) is 4.39. The normalized spacial score (nSPS) is 18.6. The van der Waals surface area contributed by atoms with E-state index >= 15 is 0 Å². The number of ether oxygens (including phenoxy) is 1. The zero-order valence-corrected chi connectivity index (χ0v) is 11.0. The fraction of sp³-hybridized carbons (Fsp3) is 0.917. The molecule has 0 spiro atoms. The van der Waals surface area contributed by atoms with Crippen molar-refractivity contribution in [3.05, 3.63) is 0 Å². The van der Waals surface area contributed by atoms with Crippen LogP contribution in [0.4, 0.5) is 4.79 Å². The van der Waals surface area contributed by atoms with Crippen LogP contribution in [-0.4, -0.2) is 55.7 Å². The monoisotopic (exact) mass is 228 g/mol. The van der Waals surface area contributed by atoms with Gasteiger partial charge in [-0.15, -0.1) is 0 Å². The summed E-state index contributed by atoms with van der Waals surface area (Å²) >= 11 is 0. The smallest absolute Gasteiger partial charge is 0.409 e. The molecule has 1 aliphatic rings. The van der Waals surface area contributed by atoms with Gasteiger partial charge in [0.1, 0.15) is 0 Å². The third-order valence-electron chi connectivity index (χ3n) is 2.98. The number of methoxy groups -OCH3 is 1. The number of piperazine rings is 1. The lowest BCUT2D eigenvalue weighted by Gasteiger charge is -2.35. The zero-order chi connectivity index (χ0) is 12.2. The zero-order valence-electron chi connectivity index (χ0n) is 11.0. The Morgan fingerprint density at radius 3 is 2.19 bits per heavy atom. The molecule has 0 aromatic heterocycles. The van der Waals surface area contributed by atoms with Crippen LogP contribution in [0.3, 0.4) is 0 Å². The van der Waals surface area contributed by atoms with E-state index in [1.807, 2.05) is 0 Å². The molecule has 0 N–H and O–H groups in total. The first-order valence-electron chi connectivity index (χ1n) is 5.97. The van der Waals surface area contributed by atoms with E-state index < -0.39 is 0 Å². The van der Waals surface area contributed by atoms with Gasteiger partial charge in [-0.05, 0) is 18.4 Å². The fourth-order valence-electron chi connectivity index (χ4n) is 1.78. The van der Waals surface area contributed by atoms with Gasteiger partial charge in [-0.3, -0.25) is 4.90 Å². The topological polar surface area (TPSA) is 32.8 Å². The maximum atomic E-state index is 11.3. The van der Waals surface area contributed by atoms with E-state index in [1.165, 1.54) is 13.5 Å². The molecule has 1 heterocycles. The van der Waals surface area contributed by atoms with Crippen molar-refractivity contribution >= 4 is 6.09 Å². The maximum Gasteiger partial charge on any atom is 0.409 e. The molecule has 0 aliphatic carbocycles. The van der Waals surface area contributed by atoms with Crippen LogP contribution >= 0.6 is 0 Å². The van der Waals surface area contributed by atoms with E-state index in [9.17, 15) is 4.79 Å². The lowest BCUT2D eigenvalue weighted by atomic mass is 9.92. The van der Waals surface area contributed by atoms with Crippen LogP contribution in [-0.2, 0) is 4.74 Å². The molecule has 94 valence electrons. The van der Waals surface area contributed by atoms with Crippen molar-refractivity contribution in [2.45, 2.75) is 27.2 Å². The standard InChI is InChI=1S/C12H24N2O2/c1-12(2,3)5-6-13-7-9-14(10-8-13)11(15)16-4/h5-10H2,1-4H3.